The van der Waals surface area contributed by atoms with Crippen molar-refractivity contribution in [1.29, 1.82) is 0 Å². The highest BCUT2D eigenvalue weighted by molar-refractivity contribution is 7.91. The lowest BCUT2D eigenvalue weighted by atomic mass is 10.1. The average molecular weight is 498 g/mol. The number of oxazole rings is 1. The van der Waals surface area contributed by atoms with Crippen molar-refractivity contribution in [2.24, 2.45) is 0 Å². The van der Waals surface area contributed by atoms with E-state index in [1.165, 1.54) is 11.1 Å². The molecule has 1 aromatic heterocycles. The van der Waals surface area contributed by atoms with E-state index in [0.29, 0.717) is 54.8 Å². The van der Waals surface area contributed by atoms with Crippen LogP contribution in [0.4, 0.5) is 5.69 Å². The number of nitrogens with zero attached hydrogens (tertiary/aromatic N) is 3. The zero-order valence-electron chi connectivity index (χ0n) is 20.6. The highest BCUT2D eigenvalue weighted by atomic mass is 32.2. The summed E-state index contributed by atoms with van der Waals surface area (Å²) >= 11 is 0. The van der Waals surface area contributed by atoms with Gasteiger partial charge in [0.15, 0.2) is 9.84 Å². The van der Waals surface area contributed by atoms with Crippen LogP contribution in [0.3, 0.4) is 0 Å². The van der Waals surface area contributed by atoms with Crippen LogP contribution in [-0.4, -0.2) is 63.3 Å². The molecule has 1 aliphatic rings. The Balaban J connectivity index is 1.38. The Hall–Kier alpha value is -3.33. The highest BCUT2D eigenvalue weighted by Gasteiger charge is 2.28. The highest BCUT2D eigenvalue weighted by Crippen LogP contribution is 2.26. The molecule has 2 heterocycles. The van der Waals surface area contributed by atoms with E-state index in [1.54, 1.807) is 31.1 Å². The Kier molecular flexibility index (Phi) is 7.16. The van der Waals surface area contributed by atoms with Crippen molar-refractivity contribution >= 4 is 21.4 Å². The predicted octanol–water partition coefficient (Wildman–Crippen LogP) is 3.54. The zero-order chi connectivity index (χ0) is 25.2. The maximum Gasteiger partial charge on any atom is 0.237 e. The summed E-state index contributed by atoms with van der Waals surface area (Å²) in [5.74, 6) is 0.120. The lowest BCUT2D eigenvalue weighted by Crippen LogP contribution is -2.50. The molecule has 3 aromatic rings. The van der Waals surface area contributed by atoms with E-state index in [1.807, 2.05) is 12.1 Å². The standard InChI is InChI=1S/C26H31N3O5S/c1-18-8-9-19(2)24(14-18)28-10-12-29(13-11-28)25(30)17-35(31,32)16-23-20(3)34-26(27-23)21-6-5-7-22(15-21)33-4/h5-9,14-15H,10-13,16-17H2,1-4H3. The molecule has 186 valence electrons. The third kappa shape index (κ3) is 5.85. The van der Waals surface area contributed by atoms with Crippen molar-refractivity contribution < 1.29 is 22.4 Å². The molecule has 1 aliphatic heterocycles. The van der Waals surface area contributed by atoms with E-state index >= 15 is 0 Å². The molecule has 1 fully saturated rings. The molecule has 0 unspecified atom stereocenters. The molecule has 9 heteroatoms. The molecule has 8 nitrogen and oxygen atoms in total. The summed E-state index contributed by atoms with van der Waals surface area (Å²) in [7, 11) is -2.15. The van der Waals surface area contributed by atoms with Gasteiger partial charge in [0.05, 0.1) is 18.6 Å². The fourth-order valence-electron chi connectivity index (χ4n) is 4.24. The van der Waals surface area contributed by atoms with Gasteiger partial charge in [-0.2, -0.15) is 0 Å². The van der Waals surface area contributed by atoms with E-state index in [9.17, 15) is 13.2 Å². The number of hydrogen-bond donors (Lipinski definition) is 0. The third-order valence-corrected chi connectivity index (χ3v) is 7.65. The average Bonchev–Trinajstić information content (AvgIpc) is 3.19. The van der Waals surface area contributed by atoms with E-state index in [2.05, 4.69) is 41.9 Å². The maximum absolute atomic E-state index is 12.9. The number of ether oxygens (including phenoxy) is 1. The normalized spacial score (nSPS) is 14.3. The number of aromatic nitrogens is 1. The first-order valence-corrected chi connectivity index (χ1v) is 13.4. The van der Waals surface area contributed by atoms with Gasteiger partial charge in [0, 0.05) is 37.4 Å². The summed E-state index contributed by atoms with van der Waals surface area (Å²) in [4.78, 5) is 21.1. The van der Waals surface area contributed by atoms with Crippen molar-refractivity contribution in [3.05, 3.63) is 65.0 Å². The number of piperazine rings is 1. The molecule has 0 N–H and O–H groups in total. The van der Waals surface area contributed by atoms with Gasteiger partial charge in [0.1, 0.15) is 17.3 Å². The number of anilines is 1. The second-order valence-electron chi connectivity index (χ2n) is 8.94. The predicted molar refractivity (Wildman–Crippen MR) is 135 cm³/mol. The first-order valence-electron chi connectivity index (χ1n) is 11.6. The van der Waals surface area contributed by atoms with Crippen LogP contribution in [0.2, 0.25) is 0 Å². The van der Waals surface area contributed by atoms with Gasteiger partial charge in [-0.25, -0.2) is 13.4 Å². The summed E-state index contributed by atoms with van der Waals surface area (Å²) in [6.45, 7) is 8.13. The van der Waals surface area contributed by atoms with Crippen LogP contribution in [0.1, 0.15) is 22.6 Å². The van der Waals surface area contributed by atoms with Crippen LogP contribution in [0, 0.1) is 20.8 Å². The van der Waals surface area contributed by atoms with E-state index in [-0.39, 0.29) is 11.7 Å². The Morgan fingerprint density at radius 3 is 2.51 bits per heavy atom. The van der Waals surface area contributed by atoms with Gasteiger partial charge in [-0.1, -0.05) is 18.2 Å². The molecular formula is C26H31N3O5S. The van der Waals surface area contributed by atoms with Crippen molar-refractivity contribution in [3.8, 4) is 17.2 Å². The van der Waals surface area contributed by atoms with Gasteiger partial charge in [0.25, 0.3) is 0 Å². The van der Waals surface area contributed by atoms with Crippen LogP contribution in [0.5, 0.6) is 5.75 Å². The second-order valence-corrected chi connectivity index (χ2v) is 11.0. The fraction of sp³-hybridized carbons (Fsp3) is 0.385. The summed E-state index contributed by atoms with van der Waals surface area (Å²) in [5, 5.41) is 0. The minimum Gasteiger partial charge on any atom is -0.497 e. The molecule has 2 aromatic carbocycles. The number of carbonyl (C=O) groups excluding carboxylic acids is 1. The first kappa shape index (κ1) is 24.8. The minimum absolute atomic E-state index is 0.315. The van der Waals surface area contributed by atoms with Gasteiger partial charge in [-0.05, 0) is 56.2 Å². The lowest BCUT2D eigenvalue weighted by Gasteiger charge is -2.37. The summed E-state index contributed by atoms with van der Waals surface area (Å²) < 4.78 is 36.7. The molecular weight excluding hydrogens is 466 g/mol. The topological polar surface area (TPSA) is 92.9 Å². The number of sulfone groups is 1. The number of benzene rings is 2. The second kappa shape index (κ2) is 10.1. The molecule has 1 amide bonds. The molecule has 0 atom stereocenters. The molecule has 4 rings (SSSR count). The summed E-state index contributed by atoms with van der Waals surface area (Å²) in [6.07, 6.45) is 0. The smallest absolute Gasteiger partial charge is 0.237 e. The van der Waals surface area contributed by atoms with Crippen LogP contribution in [0.25, 0.3) is 11.5 Å². The molecule has 0 saturated carbocycles. The van der Waals surface area contributed by atoms with Gasteiger partial charge in [0.2, 0.25) is 11.8 Å². The molecule has 1 saturated heterocycles. The largest absolute Gasteiger partial charge is 0.497 e. The minimum atomic E-state index is -3.72. The van der Waals surface area contributed by atoms with Gasteiger partial charge in [-0.15, -0.1) is 0 Å². The Morgan fingerprint density at radius 2 is 1.80 bits per heavy atom. The summed E-state index contributed by atoms with van der Waals surface area (Å²) in [6, 6.07) is 13.5. The number of methoxy groups -OCH3 is 1. The van der Waals surface area contributed by atoms with Crippen LogP contribution >= 0.6 is 0 Å². The van der Waals surface area contributed by atoms with Crippen LogP contribution in [0.15, 0.2) is 46.9 Å². The van der Waals surface area contributed by atoms with Gasteiger partial charge >= 0.3 is 0 Å². The molecule has 0 spiro atoms. The summed E-state index contributed by atoms with van der Waals surface area (Å²) in [5.41, 5.74) is 4.55. The maximum atomic E-state index is 12.9. The Bertz CT molecular complexity index is 1320. The lowest BCUT2D eigenvalue weighted by molar-refractivity contribution is -0.128. The van der Waals surface area contributed by atoms with Crippen molar-refractivity contribution in [1.82, 2.24) is 9.88 Å². The molecule has 35 heavy (non-hydrogen) atoms. The number of aryl methyl sites for hydroxylation is 3. The van der Waals surface area contributed by atoms with Gasteiger partial charge in [-0.3, -0.25) is 4.79 Å². The Morgan fingerprint density at radius 1 is 1.06 bits per heavy atom. The van der Waals surface area contributed by atoms with E-state index < -0.39 is 15.6 Å². The Labute approximate surface area is 206 Å². The van der Waals surface area contributed by atoms with E-state index in [0.717, 1.165) is 5.69 Å². The first-order chi connectivity index (χ1) is 16.6. The van der Waals surface area contributed by atoms with Crippen LogP contribution in [-0.2, 0) is 20.4 Å². The number of carbonyl (C=O) groups is 1. The SMILES string of the molecule is COc1cccc(-c2nc(CS(=O)(=O)CC(=O)N3CCN(c4cc(C)ccc4C)CC3)c(C)o2)c1. The monoisotopic (exact) mass is 497 g/mol. The van der Waals surface area contributed by atoms with E-state index in [4.69, 9.17) is 9.15 Å². The molecule has 0 aliphatic carbocycles. The molecule has 0 radical (unpaired) electrons. The number of amides is 1. The van der Waals surface area contributed by atoms with Gasteiger partial charge < -0.3 is 19.0 Å². The van der Waals surface area contributed by atoms with Crippen molar-refractivity contribution in [3.63, 3.8) is 0 Å². The third-order valence-electron chi connectivity index (χ3n) is 6.25. The number of hydrogen-bond acceptors (Lipinski definition) is 7. The van der Waals surface area contributed by atoms with Crippen LogP contribution < -0.4 is 9.64 Å². The quantitative estimate of drug-likeness (QED) is 0.493. The number of rotatable bonds is 7. The molecule has 0 bridgehead atoms. The zero-order valence-corrected chi connectivity index (χ0v) is 21.4. The van der Waals surface area contributed by atoms with Crippen molar-refractivity contribution in [2.75, 3.05) is 43.9 Å². The van der Waals surface area contributed by atoms with Crippen molar-refractivity contribution in [2.45, 2.75) is 26.5 Å². The fourth-order valence-corrected chi connectivity index (χ4v) is 5.58.